The summed E-state index contributed by atoms with van der Waals surface area (Å²) >= 11 is 0. The molecule has 0 heterocycles. The number of rotatable bonds is 0. The van der Waals surface area contributed by atoms with Crippen molar-refractivity contribution < 1.29 is 18.3 Å². The lowest BCUT2D eigenvalue weighted by molar-refractivity contribution is -0.243. The standard InChI is InChI=1S/C7H9F3O/c8-7(9,10)6(11)4-2-1-3-5-6/h2,4,11H,1,3,5H2/t6-/m0/s1. The third-order valence-corrected chi connectivity index (χ3v) is 1.81. The first-order chi connectivity index (χ1) is 4.96. The van der Waals surface area contributed by atoms with Gasteiger partial charge in [0.05, 0.1) is 0 Å². The molecule has 0 aromatic rings. The zero-order valence-electron chi connectivity index (χ0n) is 5.86. The molecule has 1 rings (SSSR count). The summed E-state index contributed by atoms with van der Waals surface area (Å²) in [6.45, 7) is 0. The van der Waals surface area contributed by atoms with Gasteiger partial charge in [0.2, 0.25) is 0 Å². The third-order valence-electron chi connectivity index (χ3n) is 1.81. The Morgan fingerprint density at radius 1 is 1.36 bits per heavy atom. The summed E-state index contributed by atoms with van der Waals surface area (Å²) in [7, 11) is 0. The van der Waals surface area contributed by atoms with Crippen molar-refractivity contribution in [3.05, 3.63) is 12.2 Å². The van der Waals surface area contributed by atoms with Gasteiger partial charge in [-0.15, -0.1) is 0 Å². The minimum absolute atomic E-state index is 0.215. The van der Waals surface area contributed by atoms with Gasteiger partial charge < -0.3 is 5.11 Å². The lowest BCUT2D eigenvalue weighted by Crippen LogP contribution is -2.44. The van der Waals surface area contributed by atoms with E-state index in [0.717, 1.165) is 6.08 Å². The van der Waals surface area contributed by atoms with E-state index in [0.29, 0.717) is 12.8 Å². The van der Waals surface area contributed by atoms with E-state index in [1.54, 1.807) is 0 Å². The van der Waals surface area contributed by atoms with Gasteiger partial charge in [-0.2, -0.15) is 13.2 Å². The predicted octanol–water partition coefficient (Wildman–Crippen LogP) is 2.02. The van der Waals surface area contributed by atoms with E-state index in [2.05, 4.69) is 0 Å². The second kappa shape index (κ2) is 2.52. The van der Waals surface area contributed by atoms with Crippen molar-refractivity contribution in [3.63, 3.8) is 0 Å². The van der Waals surface area contributed by atoms with Crippen LogP contribution >= 0.6 is 0 Å². The molecule has 0 amide bonds. The average Bonchev–Trinajstić information content (AvgIpc) is 1.87. The number of halogens is 3. The van der Waals surface area contributed by atoms with Crippen LogP contribution in [0.15, 0.2) is 12.2 Å². The topological polar surface area (TPSA) is 20.2 Å². The summed E-state index contributed by atoms with van der Waals surface area (Å²) in [5.41, 5.74) is -2.56. The van der Waals surface area contributed by atoms with Crippen LogP contribution in [0, 0.1) is 0 Å². The van der Waals surface area contributed by atoms with Gasteiger partial charge >= 0.3 is 6.18 Å². The maximum absolute atomic E-state index is 12.0. The van der Waals surface area contributed by atoms with Crippen molar-refractivity contribution >= 4 is 0 Å². The molecule has 0 bridgehead atoms. The Hall–Kier alpha value is -0.510. The molecule has 1 aliphatic carbocycles. The molecule has 0 saturated heterocycles. The van der Waals surface area contributed by atoms with Crippen LogP contribution in [0.3, 0.4) is 0 Å². The molecule has 0 aromatic carbocycles. The second-order valence-electron chi connectivity index (χ2n) is 2.72. The fourth-order valence-electron chi connectivity index (χ4n) is 1.09. The first-order valence-electron chi connectivity index (χ1n) is 3.42. The summed E-state index contributed by atoms with van der Waals surface area (Å²) < 4.78 is 36.1. The minimum atomic E-state index is -4.52. The monoisotopic (exact) mass is 166 g/mol. The quantitative estimate of drug-likeness (QED) is 0.546. The summed E-state index contributed by atoms with van der Waals surface area (Å²) in [4.78, 5) is 0. The zero-order valence-corrected chi connectivity index (χ0v) is 5.86. The van der Waals surface area contributed by atoms with Gasteiger partial charge in [-0.3, -0.25) is 0 Å². The second-order valence-corrected chi connectivity index (χ2v) is 2.72. The number of hydrogen-bond acceptors (Lipinski definition) is 1. The van der Waals surface area contributed by atoms with E-state index in [1.165, 1.54) is 6.08 Å². The Bertz CT molecular complexity index is 173. The van der Waals surface area contributed by atoms with Gasteiger partial charge in [0.1, 0.15) is 0 Å². The minimum Gasteiger partial charge on any atom is -0.377 e. The molecule has 0 fully saturated rings. The van der Waals surface area contributed by atoms with E-state index >= 15 is 0 Å². The summed E-state index contributed by atoms with van der Waals surface area (Å²) in [6.07, 6.45) is -1.50. The van der Waals surface area contributed by atoms with Gasteiger partial charge in [-0.05, 0) is 25.3 Å². The summed E-state index contributed by atoms with van der Waals surface area (Å²) in [6, 6.07) is 0. The Morgan fingerprint density at radius 3 is 2.27 bits per heavy atom. The van der Waals surface area contributed by atoms with Crippen LogP contribution in [0.25, 0.3) is 0 Å². The molecule has 0 unspecified atom stereocenters. The van der Waals surface area contributed by atoms with E-state index in [9.17, 15) is 13.2 Å². The van der Waals surface area contributed by atoms with Crippen LogP contribution < -0.4 is 0 Å². The van der Waals surface area contributed by atoms with Crippen LogP contribution in [-0.2, 0) is 0 Å². The predicted molar refractivity (Wildman–Crippen MR) is 34.0 cm³/mol. The largest absolute Gasteiger partial charge is 0.420 e. The molecule has 0 aromatic heterocycles. The Kier molecular flexibility index (Phi) is 1.96. The van der Waals surface area contributed by atoms with Crippen LogP contribution in [0.2, 0.25) is 0 Å². The SMILES string of the molecule is O[C@@]1(C(F)(F)F)C=CCCC1. The highest BCUT2D eigenvalue weighted by Crippen LogP contribution is 2.37. The van der Waals surface area contributed by atoms with Crippen LogP contribution in [0.1, 0.15) is 19.3 Å². The van der Waals surface area contributed by atoms with Crippen LogP contribution in [-0.4, -0.2) is 16.9 Å². The van der Waals surface area contributed by atoms with E-state index in [1.807, 2.05) is 0 Å². The highest BCUT2D eigenvalue weighted by molar-refractivity contribution is 5.08. The van der Waals surface area contributed by atoms with Crippen molar-refractivity contribution in [1.29, 1.82) is 0 Å². The molecule has 0 aliphatic heterocycles. The van der Waals surface area contributed by atoms with E-state index in [4.69, 9.17) is 5.11 Å². The Balaban J connectivity index is 2.80. The first kappa shape index (κ1) is 8.59. The number of allylic oxidation sites excluding steroid dienone is 1. The van der Waals surface area contributed by atoms with Crippen molar-refractivity contribution in [1.82, 2.24) is 0 Å². The molecule has 1 N–H and O–H groups in total. The van der Waals surface area contributed by atoms with E-state index in [-0.39, 0.29) is 6.42 Å². The smallest absolute Gasteiger partial charge is 0.377 e. The van der Waals surface area contributed by atoms with Crippen molar-refractivity contribution in [2.45, 2.75) is 31.0 Å². The Labute approximate surface area is 62.5 Å². The fraction of sp³-hybridized carbons (Fsp3) is 0.714. The average molecular weight is 166 g/mol. The molecule has 11 heavy (non-hydrogen) atoms. The Morgan fingerprint density at radius 2 is 2.00 bits per heavy atom. The lowest BCUT2D eigenvalue weighted by Gasteiger charge is -2.29. The summed E-state index contributed by atoms with van der Waals surface area (Å²) in [5, 5.41) is 9.00. The van der Waals surface area contributed by atoms with Gasteiger partial charge in [0.25, 0.3) is 0 Å². The van der Waals surface area contributed by atoms with Crippen molar-refractivity contribution in [2.24, 2.45) is 0 Å². The highest BCUT2D eigenvalue weighted by Gasteiger charge is 2.51. The molecule has 1 atom stereocenters. The van der Waals surface area contributed by atoms with Crippen molar-refractivity contribution in [3.8, 4) is 0 Å². The van der Waals surface area contributed by atoms with E-state index < -0.39 is 11.8 Å². The molecule has 0 saturated carbocycles. The molecule has 64 valence electrons. The summed E-state index contributed by atoms with van der Waals surface area (Å²) in [5.74, 6) is 0. The first-order valence-corrected chi connectivity index (χ1v) is 3.42. The maximum atomic E-state index is 12.0. The van der Waals surface area contributed by atoms with Gasteiger partial charge in [0.15, 0.2) is 5.60 Å². The molecule has 0 radical (unpaired) electrons. The fourth-order valence-corrected chi connectivity index (χ4v) is 1.09. The third kappa shape index (κ3) is 1.56. The molecule has 1 nitrogen and oxygen atoms in total. The molecule has 1 aliphatic rings. The van der Waals surface area contributed by atoms with Crippen LogP contribution in [0.5, 0.6) is 0 Å². The highest BCUT2D eigenvalue weighted by atomic mass is 19.4. The van der Waals surface area contributed by atoms with Gasteiger partial charge in [-0.25, -0.2) is 0 Å². The van der Waals surface area contributed by atoms with Gasteiger partial charge in [0, 0.05) is 0 Å². The lowest BCUT2D eigenvalue weighted by atomic mass is 9.91. The molecule has 4 heteroatoms. The maximum Gasteiger partial charge on any atom is 0.420 e. The van der Waals surface area contributed by atoms with Gasteiger partial charge in [-0.1, -0.05) is 6.08 Å². The van der Waals surface area contributed by atoms with Crippen molar-refractivity contribution in [2.75, 3.05) is 0 Å². The number of aliphatic hydroxyl groups is 1. The zero-order chi connectivity index (χ0) is 8.54. The normalized spacial score (nSPS) is 32.4. The van der Waals surface area contributed by atoms with Crippen LogP contribution in [0.4, 0.5) is 13.2 Å². The number of alkyl halides is 3. The molecular weight excluding hydrogens is 157 g/mol. The number of hydrogen-bond donors (Lipinski definition) is 1. The molecular formula is C7H9F3O. The molecule has 0 spiro atoms.